The van der Waals surface area contributed by atoms with Crippen LogP contribution < -0.4 is 5.32 Å². The number of halogens is 1. The van der Waals surface area contributed by atoms with E-state index < -0.39 is 26.8 Å². The number of carbonyl (C=O) groups excluding carboxylic acids is 1. The second-order valence-corrected chi connectivity index (χ2v) is 7.26. The Morgan fingerprint density at radius 1 is 1.05 bits per heavy atom. The summed E-state index contributed by atoms with van der Waals surface area (Å²) >= 11 is 0. The van der Waals surface area contributed by atoms with E-state index in [9.17, 15) is 17.6 Å². The summed E-state index contributed by atoms with van der Waals surface area (Å²) in [5.41, 5.74) is 1.28. The lowest BCUT2D eigenvalue weighted by molar-refractivity contribution is -0.115. The van der Waals surface area contributed by atoms with Crippen molar-refractivity contribution in [3.05, 3.63) is 59.9 Å². The van der Waals surface area contributed by atoms with Gasteiger partial charge in [-0.15, -0.1) is 0 Å². The van der Waals surface area contributed by atoms with Crippen molar-refractivity contribution < 1.29 is 17.6 Å². The lowest BCUT2D eigenvalue weighted by atomic mass is 10.2. The third-order valence-corrected chi connectivity index (χ3v) is 5.37. The summed E-state index contributed by atoms with van der Waals surface area (Å²) in [6.07, 6.45) is 0. The third kappa shape index (κ3) is 3.51. The van der Waals surface area contributed by atoms with Gasteiger partial charge >= 0.3 is 0 Å². The molecule has 1 unspecified atom stereocenters. The number of rotatable bonds is 4. The van der Waals surface area contributed by atoms with Crippen molar-refractivity contribution in [3.63, 3.8) is 0 Å². The second-order valence-electron chi connectivity index (χ2n) is 5.00. The van der Waals surface area contributed by atoms with Crippen molar-refractivity contribution >= 4 is 21.4 Å². The van der Waals surface area contributed by atoms with E-state index in [2.05, 4.69) is 5.32 Å². The van der Waals surface area contributed by atoms with E-state index in [0.29, 0.717) is 5.69 Å². The fraction of sp³-hybridized carbons (Fsp3) is 0.188. The summed E-state index contributed by atoms with van der Waals surface area (Å²) in [4.78, 5) is 12.2. The normalized spacial score (nSPS) is 12.7. The molecular formula is C16H16FNO3S. The van der Waals surface area contributed by atoms with E-state index in [0.717, 1.165) is 5.56 Å². The standard InChI is InChI=1S/C16H16FNO3S/c1-11-3-9-15(10-4-11)22(20,21)12(2)16(19)18-14-7-5-13(17)6-8-14/h3-10,12H,1-2H3,(H,18,19). The molecule has 116 valence electrons. The molecular weight excluding hydrogens is 305 g/mol. The molecule has 0 aliphatic heterocycles. The van der Waals surface area contributed by atoms with Crippen LogP contribution in [0.1, 0.15) is 12.5 Å². The van der Waals surface area contributed by atoms with Crippen LogP contribution in [0, 0.1) is 12.7 Å². The Hall–Kier alpha value is -2.21. The van der Waals surface area contributed by atoms with Crippen molar-refractivity contribution in [2.45, 2.75) is 24.0 Å². The Morgan fingerprint density at radius 2 is 1.59 bits per heavy atom. The molecule has 0 aromatic heterocycles. The number of amides is 1. The Balaban J connectivity index is 2.18. The Kier molecular flexibility index (Phi) is 4.61. The maximum atomic E-state index is 12.8. The second kappa shape index (κ2) is 6.27. The minimum atomic E-state index is -3.77. The molecule has 0 bridgehead atoms. The van der Waals surface area contributed by atoms with Gasteiger partial charge in [0.05, 0.1) is 4.90 Å². The predicted molar refractivity (Wildman–Crippen MR) is 82.9 cm³/mol. The van der Waals surface area contributed by atoms with Gasteiger partial charge in [-0.05, 0) is 50.2 Å². The number of carbonyl (C=O) groups is 1. The minimum absolute atomic E-state index is 0.0971. The average molecular weight is 321 g/mol. The molecule has 22 heavy (non-hydrogen) atoms. The van der Waals surface area contributed by atoms with Crippen LogP contribution in [-0.2, 0) is 14.6 Å². The first kappa shape index (κ1) is 16.2. The van der Waals surface area contributed by atoms with Crippen LogP contribution in [0.25, 0.3) is 0 Å². The molecule has 0 aliphatic rings. The molecule has 0 spiro atoms. The molecule has 2 rings (SSSR count). The van der Waals surface area contributed by atoms with Crippen molar-refractivity contribution in [2.75, 3.05) is 5.32 Å². The Labute approximate surface area is 128 Å². The highest BCUT2D eigenvalue weighted by Gasteiger charge is 2.29. The van der Waals surface area contributed by atoms with Gasteiger partial charge in [0.15, 0.2) is 9.84 Å². The summed E-state index contributed by atoms with van der Waals surface area (Å²) in [6.45, 7) is 3.18. The average Bonchev–Trinajstić information content (AvgIpc) is 2.49. The maximum absolute atomic E-state index is 12.8. The van der Waals surface area contributed by atoms with E-state index in [-0.39, 0.29) is 4.90 Å². The SMILES string of the molecule is Cc1ccc(S(=O)(=O)C(C)C(=O)Nc2ccc(F)cc2)cc1. The molecule has 0 aliphatic carbocycles. The van der Waals surface area contributed by atoms with Gasteiger partial charge in [-0.3, -0.25) is 4.79 Å². The highest BCUT2D eigenvalue weighted by molar-refractivity contribution is 7.92. The predicted octanol–water partition coefficient (Wildman–Crippen LogP) is 2.94. The van der Waals surface area contributed by atoms with Gasteiger partial charge in [0, 0.05) is 5.69 Å². The summed E-state index contributed by atoms with van der Waals surface area (Å²) in [7, 11) is -3.77. The van der Waals surface area contributed by atoms with Crippen LogP contribution in [0.15, 0.2) is 53.4 Å². The smallest absolute Gasteiger partial charge is 0.242 e. The Morgan fingerprint density at radius 3 is 2.14 bits per heavy atom. The topological polar surface area (TPSA) is 63.2 Å². The lowest BCUT2D eigenvalue weighted by Gasteiger charge is -2.13. The molecule has 2 aromatic carbocycles. The van der Waals surface area contributed by atoms with Crippen molar-refractivity contribution in [1.29, 1.82) is 0 Å². The van der Waals surface area contributed by atoms with Gasteiger partial charge in [0.25, 0.3) is 0 Å². The van der Waals surface area contributed by atoms with Crippen LogP contribution in [0.5, 0.6) is 0 Å². The van der Waals surface area contributed by atoms with Gasteiger partial charge < -0.3 is 5.32 Å². The molecule has 1 atom stereocenters. The highest BCUT2D eigenvalue weighted by Crippen LogP contribution is 2.18. The zero-order valence-electron chi connectivity index (χ0n) is 12.2. The largest absolute Gasteiger partial charge is 0.325 e. The van der Waals surface area contributed by atoms with Crippen LogP contribution in [-0.4, -0.2) is 19.6 Å². The van der Waals surface area contributed by atoms with Crippen LogP contribution in [0.3, 0.4) is 0 Å². The number of aryl methyl sites for hydroxylation is 1. The van der Waals surface area contributed by atoms with Gasteiger partial charge in [-0.1, -0.05) is 17.7 Å². The van der Waals surface area contributed by atoms with Crippen LogP contribution in [0.4, 0.5) is 10.1 Å². The molecule has 0 fully saturated rings. The monoisotopic (exact) mass is 321 g/mol. The minimum Gasteiger partial charge on any atom is -0.325 e. The summed E-state index contributed by atoms with van der Waals surface area (Å²) < 4.78 is 37.6. The van der Waals surface area contributed by atoms with Crippen LogP contribution in [0.2, 0.25) is 0 Å². The van der Waals surface area contributed by atoms with E-state index >= 15 is 0 Å². The molecule has 0 saturated carbocycles. The van der Waals surface area contributed by atoms with E-state index in [1.165, 1.54) is 43.3 Å². The summed E-state index contributed by atoms with van der Waals surface area (Å²) in [5.74, 6) is -1.09. The molecule has 1 N–H and O–H groups in total. The van der Waals surface area contributed by atoms with E-state index in [4.69, 9.17) is 0 Å². The number of sulfone groups is 1. The number of anilines is 1. The first-order valence-corrected chi connectivity index (χ1v) is 8.22. The van der Waals surface area contributed by atoms with E-state index in [1.807, 2.05) is 6.92 Å². The Bertz CT molecular complexity index is 768. The van der Waals surface area contributed by atoms with Crippen molar-refractivity contribution in [2.24, 2.45) is 0 Å². The fourth-order valence-electron chi connectivity index (χ4n) is 1.85. The number of hydrogen-bond donors (Lipinski definition) is 1. The molecule has 6 heteroatoms. The molecule has 0 radical (unpaired) electrons. The van der Waals surface area contributed by atoms with Crippen molar-refractivity contribution in [1.82, 2.24) is 0 Å². The fourth-order valence-corrected chi connectivity index (χ4v) is 3.11. The first-order valence-electron chi connectivity index (χ1n) is 6.68. The molecule has 1 amide bonds. The first-order chi connectivity index (χ1) is 10.3. The number of benzene rings is 2. The van der Waals surface area contributed by atoms with Crippen LogP contribution >= 0.6 is 0 Å². The molecule has 2 aromatic rings. The summed E-state index contributed by atoms with van der Waals surface area (Å²) in [5, 5.41) is 1.22. The van der Waals surface area contributed by atoms with Gasteiger partial charge in [-0.25, -0.2) is 12.8 Å². The highest BCUT2D eigenvalue weighted by atomic mass is 32.2. The zero-order valence-corrected chi connectivity index (χ0v) is 13.0. The van der Waals surface area contributed by atoms with Gasteiger partial charge in [-0.2, -0.15) is 0 Å². The third-order valence-electron chi connectivity index (χ3n) is 3.30. The lowest BCUT2D eigenvalue weighted by Crippen LogP contribution is -2.32. The quantitative estimate of drug-likeness (QED) is 0.942. The number of hydrogen-bond acceptors (Lipinski definition) is 3. The molecule has 0 saturated heterocycles. The zero-order chi connectivity index (χ0) is 16.3. The maximum Gasteiger partial charge on any atom is 0.242 e. The summed E-state index contributed by atoms with van der Waals surface area (Å²) in [6, 6.07) is 11.4. The molecule has 0 heterocycles. The van der Waals surface area contributed by atoms with E-state index in [1.54, 1.807) is 12.1 Å². The van der Waals surface area contributed by atoms with Crippen molar-refractivity contribution in [3.8, 4) is 0 Å². The van der Waals surface area contributed by atoms with Gasteiger partial charge in [0.2, 0.25) is 5.91 Å². The number of nitrogens with one attached hydrogen (secondary N) is 1. The molecule has 4 nitrogen and oxygen atoms in total. The van der Waals surface area contributed by atoms with Gasteiger partial charge in [0.1, 0.15) is 11.1 Å².